The number of fused-ring (bicyclic) bond motifs is 2. The zero-order valence-corrected chi connectivity index (χ0v) is 23.3. The molecule has 39 heavy (non-hydrogen) atoms. The van der Waals surface area contributed by atoms with Crippen LogP contribution in [0.3, 0.4) is 0 Å². The van der Waals surface area contributed by atoms with Gasteiger partial charge >= 0.3 is 0 Å². The molecule has 9 nitrogen and oxygen atoms in total. The fourth-order valence-corrected chi connectivity index (χ4v) is 5.02. The number of carbonyl (C=O) groups excluding carboxylic acids is 1. The minimum Gasteiger partial charge on any atom is -0.320 e. The molecular formula is C28H32Cl2N8O. The van der Waals surface area contributed by atoms with Crippen LogP contribution >= 0.6 is 24.8 Å². The number of pyridine rings is 2. The molecule has 0 radical (unpaired) electrons. The molecule has 1 aliphatic heterocycles. The van der Waals surface area contributed by atoms with Crippen LogP contribution in [0.25, 0.3) is 16.6 Å². The summed E-state index contributed by atoms with van der Waals surface area (Å²) in [5, 5.41) is 12.4. The summed E-state index contributed by atoms with van der Waals surface area (Å²) in [6, 6.07) is 17.8. The van der Waals surface area contributed by atoms with Gasteiger partial charge in [0.25, 0.3) is 5.91 Å². The molecule has 1 aliphatic rings. The lowest BCUT2D eigenvalue weighted by Crippen LogP contribution is -2.43. The van der Waals surface area contributed by atoms with Crippen LogP contribution < -0.4 is 10.6 Å². The number of aromatic nitrogens is 5. The fourth-order valence-electron chi connectivity index (χ4n) is 5.02. The second-order valence-electron chi connectivity index (χ2n) is 9.33. The highest BCUT2D eigenvalue weighted by atomic mass is 35.5. The van der Waals surface area contributed by atoms with Crippen LogP contribution in [0.5, 0.6) is 0 Å². The number of hydrogen-bond acceptors (Lipinski definition) is 6. The molecule has 0 aliphatic carbocycles. The molecule has 1 fully saturated rings. The van der Waals surface area contributed by atoms with E-state index in [1.54, 1.807) is 10.6 Å². The third-order valence-corrected chi connectivity index (χ3v) is 6.85. The number of halogens is 2. The maximum Gasteiger partial charge on any atom is 0.274 e. The molecule has 1 aromatic carbocycles. The van der Waals surface area contributed by atoms with Gasteiger partial charge in [-0.05, 0) is 42.8 Å². The molecule has 11 heteroatoms. The van der Waals surface area contributed by atoms with Gasteiger partial charge in [-0.3, -0.25) is 23.8 Å². The first-order valence-electron chi connectivity index (χ1n) is 12.8. The number of aryl methyl sites for hydroxylation is 1. The summed E-state index contributed by atoms with van der Waals surface area (Å²) >= 11 is 0. The van der Waals surface area contributed by atoms with Crippen LogP contribution in [0.1, 0.15) is 34.5 Å². The highest BCUT2D eigenvalue weighted by Crippen LogP contribution is 2.28. The third-order valence-electron chi connectivity index (χ3n) is 6.85. The van der Waals surface area contributed by atoms with Crippen LogP contribution in [0.2, 0.25) is 0 Å². The first-order valence-corrected chi connectivity index (χ1v) is 12.8. The highest BCUT2D eigenvalue weighted by molar-refractivity contribution is 6.08. The summed E-state index contributed by atoms with van der Waals surface area (Å²) in [6.45, 7) is 7.63. The lowest BCUT2D eigenvalue weighted by atomic mass is 10.1. The van der Waals surface area contributed by atoms with Crippen molar-refractivity contribution in [2.24, 2.45) is 0 Å². The number of amides is 1. The van der Waals surface area contributed by atoms with Gasteiger partial charge in [-0.2, -0.15) is 5.10 Å². The molecule has 0 unspecified atom stereocenters. The van der Waals surface area contributed by atoms with E-state index in [4.69, 9.17) is 10.1 Å². The molecule has 5 aromatic rings. The quantitative estimate of drug-likeness (QED) is 0.307. The van der Waals surface area contributed by atoms with Gasteiger partial charge in [-0.25, -0.2) is 4.98 Å². The maximum absolute atomic E-state index is 13.2. The van der Waals surface area contributed by atoms with E-state index in [9.17, 15) is 4.79 Å². The normalized spacial score (nSPS) is 13.7. The third kappa shape index (κ3) is 5.91. The summed E-state index contributed by atoms with van der Waals surface area (Å²) in [7, 11) is 0. The smallest absolute Gasteiger partial charge is 0.274 e. The maximum atomic E-state index is 13.2. The van der Waals surface area contributed by atoms with Gasteiger partial charge in [0.2, 0.25) is 0 Å². The first kappa shape index (κ1) is 28.5. The molecule has 0 saturated carbocycles. The van der Waals surface area contributed by atoms with E-state index in [-0.39, 0.29) is 30.7 Å². The van der Waals surface area contributed by atoms with Crippen molar-refractivity contribution in [1.82, 2.24) is 34.4 Å². The van der Waals surface area contributed by atoms with Crippen molar-refractivity contribution in [1.29, 1.82) is 0 Å². The van der Waals surface area contributed by atoms with Crippen molar-refractivity contribution in [3.63, 3.8) is 0 Å². The van der Waals surface area contributed by atoms with Gasteiger partial charge in [-0.1, -0.05) is 25.1 Å². The van der Waals surface area contributed by atoms with E-state index in [0.717, 1.165) is 78.5 Å². The Hall–Kier alpha value is -3.50. The SMILES string of the molecule is CCc1nn(Cc2cccc(CN3CCNCC3)n2)c2cccc(NC(=O)c3cnc4ccccn34)c12.Cl.Cl. The lowest BCUT2D eigenvalue weighted by Gasteiger charge is -2.26. The molecule has 0 atom stereocenters. The van der Waals surface area contributed by atoms with Crippen LogP contribution in [0.4, 0.5) is 5.69 Å². The molecule has 2 N–H and O–H groups in total. The van der Waals surface area contributed by atoms with Crippen molar-refractivity contribution >= 4 is 53.0 Å². The van der Waals surface area contributed by atoms with Crippen molar-refractivity contribution in [2.75, 3.05) is 31.5 Å². The molecule has 5 heterocycles. The Morgan fingerprint density at radius 3 is 2.54 bits per heavy atom. The number of hydrogen-bond donors (Lipinski definition) is 2. The standard InChI is InChI=1S/C28H30N8O.2ClH/c1-2-22-27-23(32-28(37)25-17-30-26-11-3-4-14-35(25)26)9-6-10-24(27)36(33-22)19-21-8-5-7-20(31-21)18-34-15-12-29-13-16-34;;/h3-11,14,17,29H,2,12-13,15-16,18-19H2,1H3,(H,32,37);2*1H. The van der Waals surface area contributed by atoms with Crippen LogP contribution in [-0.2, 0) is 19.5 Å². The van der Waals surface area contributed by atoms with Gasteiger partial charge in [0.15, 0.2) is 0 Å². The fraction of sp³-hybridized carbons (Fsp3) is 0.286. The van der Waals surface area contributed by atoms with Gasteiger partial charge in [-0.15, -0.1) is 24.8 Å². The van der Waals surface area contributed by atoms with Gasteiger partial charge in [0.05, 0.1) is 41.0 Å². The number of imidazole rings is 1. The van der Waals surface area contributed by atoms with Crippen LogP contribution in [0.15, 0.2) is 67.0 Å². The van der Waals surface area contributed by atoms with E-state index in [0.29, 0.717) is 12.2 Å². The Bertz CT molecular complexity index is 1570. The molecular weight excluding hydrogens is 535 g/mol. The number of rotatable bonds is 7. The van der Waals surface area contributed by atoms with E-state index >= 15 is 0 Å². The number of benzene rings is 1. The Morgan fingerprint density at radius 1 is 0.974 bits per heavy atom. The Morgan fingerprint density at radius 2 is 1.74 bits per heavy atom. The largest absolute Gasteiger partial charge is 0.320 e. The molecule has 0 spiro atoms. The van der Waals surface area contributed by atoms with E-state index in [1.165, 1.54) is 0 Å². The number of piperazine rings is 1. The van der Waals surface area contributed by atoms with Gasteiger partial charge in [0, 0.05) is 44.3 Å². The molecule has 1 saturated heterocycles. The molecule has 4 aromatic heterocycles. The van der Waals surface area contributed by atoms with E-state index < -0.39 is 0 Å². The topological polar surface area (TPSA) is 92.4 Å². The van der Waals surface area contributed by atoms with E-state index in [2.05, 4.69) is 51.7 Å². The first-order chi connectivity index (χ1) is 18.2. The number of anilines is 1. The Labute approximate surface area is 239 Å². The zero-order chi connectivity index (χ0) is 25.2. The molecule has 1 amide bonds. The summed E-state index contributed by atoms with van der Waals surface area (Å²) in [5.74, 6) is -0.205. The van der Waals surface area contributed by atoms with Gasteiger partial charge in [0.1, 0.15) is 11.3 Å². The summed E-state index contributed by atoms with van der Waals surface area (Å²) < 4.78 is 3.79. The average Bonchev–Trinajstić information content (AvgIpc) is 3.52. The van der Waals surface area contributed by atoms with Gasteiger partial charge < -0.3 is 10.6 Å². The zero-order valence-electron chi connectivity index (χ0n) is 21.7. The number of nitrogens with zero attached hydrogens (tertiary/aromatic N) is 6. The van der Waals surface area contributed by atoms with E-state index in [1.807, 2.05) is 41.2 Å². The summed E-state index contributed by atoms with van der Waals surface area (Å²) in [6.07, 6.45) is 4.20. The minimum absolute atomic E-state index is 0. The monoisotopic (exact) mass is 566 g/mol. The minimum atomic E-state index is -0.205. The predicted molar refractivity (Wildman–Crippen MR) is 158 cm³/mol. The van der Waals surface area contributed by atoms with Crippen LogP contribution in [0, 0.1) is 0 Å². The molecule has 0 bridgehead atoms. The average molecular weight is 568 g/mol. The Kier molecular flexibility index (Phi) is 9.19. The summed E-state index contributed by atoms with van der Waals surface area (Å²) in [5.41, 5.74) is 5.94. The van der Waals surface area contributed by atoms with Crippen molar-refractivity contribution in [3.05, 3.63) is 89.8 Å². The second kappa shape index (κ2) is 12.6. The van der Waals surface area contributed by atoms with Crippen molar-refractivity contribution < 1.29 is 4.79 Å². The number of carbonyl (C=O) groups is 1. The molecule has 6 rings (SSSR count). The summed E-state index contributed by atoms with van der Waals surface area (Å²) in [4.78, 5) is 24.9. The Balaban J connectivity index is 0.00000176. The second-order valence-corrected chi connectivity index (χ2v) is 9.33. The molecule has 204 valence electrons. The highest BCUT2D eigenvalue weighted by Gasteiger charge is 2.18. The van der Waals surface area contributed by atoms with Crippen LogP contribution in [-0.4, -0.2) is 61.1 Å². The predicted octanol–water partition coefficient (Wildman–Crippen LogP) is 4.19. The number of nitrogens with one attached hydrogen (secondary N) is 2. The van der Waals surface area contributed by atoms with Crippen molar-refractivity contribution in [3.8, 4) is 0 Å². The van der Waals surface area contributed by atoms with Crippen molar-refractivity contribution in [2.45, 2.75) is 26.4 Å². The lowest BCUT2D eigenvalue weighted by molar-refractivity contribution is 0.102.